The lowest BCUT2D eigenvalue weighted by Crippen LogP contribution is -2.53. The van der Waals surface area contributed by atoms with E-state index in [1.807, 2.05) is 40.1 Å². The summed E-state index contributed by atoms with van der Waals surface area (Å²) in [6.45, 7) is 5.52. The topological polar surface area (TPSA) is 68.8 Å². The Bertz CT molecular complexity index is 836. The van der Waals surface area contributed by atoms with E-state index in [1.165, 1.54) is 0 Å². The van der Waals surface area contributed by atoms with Crippen LogP contribution in [-0.4, -0.2) is 77.4 Å². The number of carbonyl (C=O) groups is 2. The van der Waals surface area contributed by atoms with Crippen molar-refractivity contribution in [3.63, 3.8) is 0 Å². The first kappa shape index (κ1) is 18.7. The molecule has 1 aromatic carbocycles. The summed E-state index contributed by atoms with van der Waals surface area (Å²) in [6, 6.07) is 9.85. The molecule has 0 atom stereocenters. The van der Waals surface area contributed by atoms with Crippen molar-refractivity contribution in [2.45, 2.75) is 19.4 Å². The van der Waals surface area contributed by atoms with E-state index in [9.17, 15) is 9.59 Å². The molecule has 4 rings (SSSR count). The second-order valence-electron chi connectivity index (χ2n) is 7.50. The number of amides is 3. The van der Waals surface area contributed by atoms with E-state index in [1.54, 1.807) is 6.20 Å². The molecule has 2 aromatic rings. The average Bonchev–Trinajstić information content (AvgIpc) is 3.27. The Labute approximate surface area is 165 Å². The third kappa shape index (κ3) is 4.25. The minimum Gasteiger partial charge on any atom is -0.342 e. The Morgan fingerprint density at radius 3 is 2.46 bits per heavy atom. The number of para-hydroxylation sites is 1. The van der Waals surface area contributed by atoms with Gasteiger partial charge >= 0.3 is 6.03 Å². The summed E-state index contributed by atoms with van der Waals surface area (Å²) < 4.78 is 0. The molecule has 0 aliphatic carbocycles. The Morgan fingerprint density at radius 1 is 0.929 bits per heavy atom. The molecule has 2 aliphatic heterocycles. The number of urea groups is 1. The van der Waals surface area contributed by atoms with Crippen LogP contribution in [0.5, 0.6) is 0 Å². The van der Waals surface area contributed by atoms with Crippen LogP contribution in [0.2, 0.25) is 0 Å². The van der Waals surface area contributed by atoms with E-state index in [0.717, 1.165) is 55.5 Å². The van der Waals surface area contributed by atoms with Crippen molar-refractivity contribution < 1.29 is 9.59 Å². The Kier molecular flexibility index (Phi) is 5.71. The molecule has 0 bridgehead atoms. The quantitative estimate of drug-likeness (QED) is 0.875. The number of nitrogens with zero attached hydrogens (tertiary/aromatic N) is 4. The van der Waals surface area contributed by atoms with Crippen LogP contribution in [0.15, 0.2) is 36.5 Å². The number of likely N-dealkylation sites (tertiary alicyclic amines) is 1. The van der Waals surface area contributed by atoms with Crippen LogP contribution < -0.4 is 5.32 Å². The highest BCUT2D eigenvalue weighted by molar-refractivity contribution is 5.82. The molecule has 7 nitrogen and oxygen atoms in total. The summed E-state index contributed by atoms with van der Waals surface area (Å²) in [5.41, 5.74) is 2.00. The lowest BCUT2D eigenvalue weighted by atomic mass is 10.1. The molecular weight excluding hydrogens is 354 g/mol. The van der Waals surface area contributed by atoms with Gasteiger partial charge in [-0.2, -0.15) is 0 Å². The van der Waals surface area contributed by atoms with E-state index < -0.39 is 0 Å². The van der Waals surface area contributed by atoms with Crippen LogP contribution in [0.3, 0.4) is 0 Å². The minimum absolute atomic E-state index is 0.0496. The number of pyridine rings is 1. The number of nitrogens with one attached hydrogen (secondary N) is 1. The maximum Gasteiger partial charge on any atom is 0.317 e. The van der Waals surface area contributed by atoms with Crippen molar-refractivity contribution in [3.05, 3.63) is 42.1 Å². The van der Waals surface area contributed by atoms with Crippen molar-refractivity contribution in [2.75, 3.05) is 45.8 Å². The van der Waals surface area contributed by atoms with Crippen molar-refractivity contribution in [1.82, 2.24) is 25.0 Å². The third-order valence-corrected chi connectivity index (χ3v) is 5.65. The normalized spacial score (nSPS) is 17.9. The summed E-state index contributed by atoms with van der Waals surface area (Å²) in [5.74, 6) is 0.222. The molecule has 1 aromatic heterocycles. The number of piperazine rings is 1. The highest BCUT2D eigenvalue weighted by Crippen LogP contribution is 2.16. The van der Waals surface area contributed by atoms with Crippen LogP contribution in [0.1, 0.15) is 18.4 Å². The maximum atomic E-state index is 12.6. The first-order valence-corrected chi connectivity index (χ1v) is 10.1. The predicted octanol–water partition coefficient (Wildman–Crippen LogP) is 1.68. The van der Waals surface area contributed by atoms with E-state index in [2.05, 4.69) is 15.2 Å². The van der Waals surface area contributed by atoms with E-state index >= 15 is 0 Å². The number of benzene rings is 1. The predicted molar refractivity (Wildman–Crippen MR) is 108 cm³/mol. The second-order valence-corrected chi connectivity index (χ2v) is 7.50. The summed E-state index contributed by atoms with van der Waals surface area (Å²) in [4.78, 5) is 35.1. The lowest BCUT2D eigenvalue weighted by molar-refractivity contribution is -0.131. The molecular formula is C21H27N5O2. The van der Waals surface area contributed by atoms with Gasteiger partial charge in [-0.05, 0) is 30.5 Å². The second kappa shape index (κ2) is 8.56. The fourth-order valence-electron chi connectivity index (χ4n) is 3.96. The van der Waals surface area contributed by atoms with Crippen LogP contribution in [-0.2, 0) is 11.3 Å². The van der Waals surface area contributed by atoms with Gasteiger partial charge in [0.05, 0.1) is 12.1 Å². The maximum absolute atomic E-state index is 12.6. The van der Waals surface area contributed by atoms with Gasteiger partial charge in [0, 0.05) is 57.4 Å². The summed E-state index contributed by atoms with van der Waals surface area (Å²) in [5, 5.41) is 4.09. The van der Waals surface area contributed by atoms with Crippen LogP contribution >= 0.6 is 0 Å². The summed E-state index contributed by atoms with van der Waals surface area (Å²) in [7, 11) is 0. The molecule has 2 aliphatic rings. The summed E-state index contributed by atoms with van der Waals surface area (Å²) in [6.07, 6.45) is 4.01. The van der Waals surface area contributed by atoms with Crippen LogP contribution in [0.4, 0.5) is 4.79 Å². The van der Waals surface area contributed by atoms with Crippen LogP contribution in [0.25, 0.3) is 10.9 Å². The molecule has 0 spiro atoms. The molecule has 2 saturated heterocycles. The van der Waals surface area contributed by atoms with Gasteiger partial charge in [-0.3, -0.25) is 14.7 Å². The first-order chi connectivity index (χ1) is 13.7. The number of aromatic nitrogens is 1. The number of carbonyl (C=O) groups excluding carboxylic acids is 2. The highest BCUT2D eigenvalue weighted by atomic mass is 16.2. The molecule has 0 unspecified atom stereocenters. The van der Waals surface area contributed by atoms with E-state index in [4.69, 9.17) is 0 Å². The fourth-order valence-corrected chi connectivity index (χ4v) is 3.96. The van der Waals surface area contributed by atoms with E-state index in [-0.39, 0.29) is 11.9 Å². The summed E-state index contributed by atoms with van der Waals surface area (Å²) >= 11 is 0. The standard InChI is InChI=1S/C21H27N5O2/c27-20(25-9-3-4-10-25)16-24-11-13-26(14-12-24)21(28)23-15-17-7-8-22-19-6-2-1-5-18(17)19/h1-2,5-8H,3-4,9-16H2,(H,23,28). The Balaban J connectivity index is 1.25. The van der Waals surface area contributed by atoms with Gasteiger partial charge in [0.2, 0.25) is 5.91 Å². The average molecular weight is 381 g/mol. The molecule has 7 heteroatoms. The molecule has 0 saturated carbocycles. The van der Waals surface area contributed by atoms with Gasteiger partial charge in [0.1, 0.15) is 0 Å². The van der Waals surface area contributed by atoms with Crippen molar-refractivity contribution >= 4 is 22.8 Å². The number of hydrogen-bond donors (Lipinski definition) is 1. The highest BCUT2D eigenvalue weighted by Gasteiger charge is 2.25. The monoisotopic (exact) mass is 381 g/mol. The third-order valence-electron chi connectivity index (χ3n) is 5.65. The van der Waals surface area contributed by atoms with Gasteiger partial charge in [-0.15, -0.1) is 0 Å². The smallest absolute Gasteiger partial charge is 0.317 e. The molecule has 3 heterocycles. The first-order valence-electron chi connectivity index (χ1n) is 10.1. The van der Waals surface area contributed by atoms with Gasteiger partial charge in [0.15, 0.2) is 0 Å². The molecule has 28 heavy (non-hydrogen) atoms. The molecule has 0 radical (unpaired) electrons. The number of fused-ring (bicyclic) bond motifs is 1. The largest absolute Gasteiger partial charge is 0.342 e. The zero-order chi connectivity index (χ0) is 19.3. The van der Waals surface area contributed by atoms with E-state index in [0.29, 0.717) is 26.2 Å². The molecule has 148 valence electrons. The molecule has 3 amide bonds. The molecule has 2 fully saturated rings. The number of rotatable bonds is 4. The van der Waals surface area contributed by atoms with Gasteiger partial charge in [0.25, 0.3) is 0 Å². The zero-order valence-corrected chi connectivity index (χ0v) is 16.1. The molecule has 1 N–H and O–H groups in total. The zero-order valence-electron chi connectivity index (χ0n) is 16.1. The number of hydrogen-bond acceptors (Lipinski definition) is 4. The van der Waals surface area contributed by atoms with Gasteiger partial charge < -0.3 is 15.1 Å². The van der Waals surface area contributed by atoms with Crippen molar-refractivity contribution in [2.24, 2.45) is 0 Å². The van der Waals surface area contributed by atoms with Crippen molar-refractivity contribution in [3.8, 4) is 0 Å². The van der Waals surface area contributed by atoms with Gasteiger partial charge in [-0.1, -0.05) is 18.2 Å². The SMILES string of the molecule is O=C(CN1CCN(C(=O)NCc2ccnc3ccccc23)CC1)N1CCCC1. The van der Waals surface area contributed by atoms with Crippen molar-refractivity contribution in [1.29, 1.82) is 0 Å². The fraction of sp³-hybridized carbons (Fsp3) is 0.476. The lowest BCUT2D eigenvalue weighted by Gasteiger charge is -2.35. The Hall–Kier alpha value is -2.67. The minimum atomic E-state index is -0.0496. The Morgan fingerprint density at radius 2 is 1.68 bits per heavy atom. The van der Waals surface area contributed by atoms with Crippen LogP contribution in [0, 0.1) is 0 Å². The van der Waals surface area contributed by atoms with Gasteiger partial charge in [-0.25, -0.2) is 4.79 Å².